The molecule has 0 aliphatic heterocycles. The molecule has 0 bridgehead atoms. The van der Waals surface area contributed by atoms with Crippen LogP contribution in [-0.4, -0.2) is 16.1 Å². The highest BCUT2D eigenvalue weighted by Crippen LogP contribution is 2.22. The lowest BCUT2D eigenvalue weighted by atomic mass is 10.2. The maximum Gasteiger partial charge on any atom is 0.335 e. The van der Waals surface area contributed by atoms with E-state index in [9.17, 15) is 4.79 Å². The minimum absolute atomic E-state index is 0.316. The minimum Gasteiger partial charge on any atom is -0.478 e. The van der Waals surface area contributed by atoms with E-state index < -0.39 is 5.97 Å². The Morgan fingerprint density at radius 3 is 2.82 bits per heavy atom. The number of aromatic nitrogens is 1. The Morgan fingerprint density at radius 2 is 2.12 bits per heavy atom. The third kappa shape index (κ3) is 3.32. The molecule has 0 saturated carbocycles. The van der Waals surface area contributed by atoms with Crippen molar-refractivity contribution in [2.75, 3.05) is 0 Å². The predicted octanol–water partition coefficient (Wildman–Crippen LogP) is 3.07. The molecule has 86 valence electrons. The van der Waals surface area contributed by atoms with Gasteiger partial charge in [-0.2, -0.15) is 0 Å². The van der Waals surface area contributed by atoms with Crippen molar-refractivity contribution >= 4 is 17.7 Å². The summed E-state index contributed by atoms with van der Waals surface area (Å²) < 4.78 is 0. The number of hydrogen-bond donors (Lipinski definition) is 1. The summed E-state index contributed by atoms with van der Waals surface area (Å²) in [5, 5.41) is 8.87. The Morgan fingerprint density at radius 1 is 1.24 bits per heavy atom. The number of thioether (sulfide) groups is 1. The Labute approximate surface area is 104 Å². The lowest BCUT2D eigenvalue weighted by Crippen LogP contribution is -1.95. The number of carbonyl (C=O) groups is 1. The minimum atomic E-state index is -0.898. The second-order valence-corrected chi connectivity index (χ2v) is 4.49. The van der Waals surface area contributed by atoms with Crippen LogP contribution in [0.4, 0.5) is 0 Å². The molecular formula is C13H11NO2S. The lowest BCUT2D eigenvalue weighted by Gasteiger charge is -2.02. The van der Waals surface area contributed by atoms with E-state index >= 15 is 0 Å². The summed E-state index contributed by atoms with van der Waals surface area (Å²) in [5.74, 6) is -0.158. The van der Waals surface area contributed by atoms with Crippen molar-refractivity contribution in [3.8, 4) is 0 Å². The van der Waals surface area contributed by atoms with Gasteiger partial charge in [0, 0.05) is 16.8 Å². The van der Waals surface area contributed by atoms with Crippen LogP contribution in [0.15, 0.2) is 53.6 Å². The predicted molar refractivity (Wildman–Crippen MR) is 67.2 cm³/mol. The fourth-order valence-electron chi connectivity index (χ4n) is 1.36. The van der Waals surface area contributed by atoms with Crippen molar-refractivity contribution in [2.45, 2.75) is 10.6 Å². The fraction of sp³-hybridized carbons (Fsp3) is 0.0769. The van der Waals surface area contributed by atoms with E-state index in [2.05, 4.69) is 4.98 Å². The van der Waals surface area contributed by atoms with Crippen LogP contribution in [0.2, 0.25) is 0 Å². The van der Waals surface area contributed by atoms with Gasteiger partial charge in [-0.3, -0.25) is 4.98 Å². The largest absolute Gasteiger partial charge is 0.478 e. The van der Waals surface area contributed by atoms with Crippen molar-refractivity contribution in [3.63, 3.8) is 0 Å². The zero-order valence-electron chi connectivity index (χ0n) is 9.04. The molecule has 1 aromatic carbocycles. The highest BCUT2D eigenvalue weighted by Gasteiger charge is 2.03. The quantitative estimate of drug-likeness (QED) is 0.841. The van der Waals surface area contributed by atoms with Crippen LogP contribution >= 0.6 is 11.8 Å². The molecule has 17 heavy (non-hydrogen) atoms. The van der Waals surface area contributed by atoms with Gasteiger partial charge in [-0.1, -0.05) is 12.1 Å². The molecule has 1 N–H and O–H groups in total. The van der Waals surface area contributed by atoms with Crippen molar-refractivity contribution in [1.82, 2.24) is 4.98 Å². The first kappa shape index (κ1) is 11.7. The number of hydrogen-bond acceptors (Lipinski definition) is 3. The zero-order valence-corrected chi connectivity index (χ0v) is 9.85. The highest BCUT2D eigenvalue weighted by molar-refractivity contribution is 7.98. The summed E-state index contributed by atoms with van der Waals surface area (Å²) in [6, 6.07) is 12.7. The Hall–Kier alpha value is -1.81. The number of nitrogens with zero attached hydrogens (tertiary/aromatic N) is 1. The molecule has 2 aromatic rings. The summed E-state index contributed by atoms with van der Waals surface area (Å²) >= 11 is 1.58. The lowest BCUT2D eigenvalue weighted by molar-refractivity contribution is 0.0696. The average molecular weight is 245 g/mol. The number of rotatable bonds is 4. The normalized spacial score (nSPS) is 10.1. The maximum atomic E-state index is 10.8. The van der Waals surface area contributed by atoms with E-state index in [1.807, 2.05) is 24.3 Å². The monoisotopic (exact) mass is 245 g/mol. The van der Waals surface area contributed by atoms with Gasteiger partial charge in [0.05, 0.1) is 11.3 Å². The van der Waals surface area contributed by atoms with Crippen LogP contribution in [0.25, 0.3) is 0 Å². The molecule has 0 fully saturated rings. The van der Waals surface area contributed by atoms with Crippen LogP contribution in [0.5, 0.6) is 0 Å². The molecule has 2 rings (SSSR count). The topological polar surface area (TPSA) is 50.2 Å². The van der Waals surface area contributed by atoms with Gasteiger partial charge in [0.1, 0.15) is 0 Å². The molecule has 0 spiro atoms. The molecule has 1 heterocycles. The van der Waals surface area contributed by atoms with Gasteiger partial charge in [0.25, 0.3) is 0 Å². The summed E-state index contributed by atoms with van der Waals surface area (Å²) in [7, 11) is 0. The fourth-order valence-corrected chi connectivity index (χ4v) is 2.23. The van der Waals surface area contributed by atoms with Crippen LogP contribution in [0, 0.1) is 0 Å². The maximum absolute atomic E-state index is 10.8. The molecule has 1 aromatic heterocycles. The van der Waals surface area contributed by atoms with Crippen molar-refractivity contribution in [3.05, 3.63) is 59.9 Å². The zero-order chi connectivity index (χ0) is 12.1. The van der Waals surface area contributed by atoms with Crippen molar-refractivity contribution in [2.24, 2.45) is 0 Å². The van der Waals surface area contributed by atoms with E-state index in [-0.39, 0.29) is 0 Å². The molecule has 0 saturated heterocycles. The second-order valence-electron chi connectivity index (χ2n) is 3.44. The Balaban J connectivity index is 2.04. The molecule has 3 nitrogen and oxygen atoms in total. The van der Waals surface area contributed by atoms with Crippen molar-refractivity contribution in [1.29, 1.82) is 0 Å². The molecule has 0 unspecified atom stereocenters. The number of carboxylic acids is 1. The highest BCUT2D eigenvalue weighted by atomic mass is 32.2. The molecule has 0 aliphatic carbocycles. The smallest absolute Gasteiger partial charge is 0.335 e. The van der Waals surface area contributed by atoms with Gasteiger partial charge in [-0.25, -0.2) is 4.79 Å². The third-order valence-corrected chi connectivity index (χ3v) is 3.22. The average Bonchev–Trinajstić information content (AvgIpc) is 2.38. The first-order valence-corrected chi connectivity index (χ1v) is 6.10. The van der Waals surface area contributed by atoms with Gasteiger partial charge in [-0.05, 0) is 30.3 Å². The molecular weight excluding hydrogens is 234 g/mol. The number of carboxylic acid groups (broad SMARTS) is 1. The van der Waals surface area contributed by atoms with E-state index in [4.69, 9.17) is 5.11 Å². The van der Waals surface area contributed by atoms with E-state index in [1.165, 1.54) is 0 Å². The van der Waals surface area contributed by atoms with Crippen LogP contribution < -0.4 is 0 Å². The summed E-state index contributed by atoms with van der Waals surface area (Å²) in [6.07, 6.45) is 1.75. The first-order valence-electron chi connectivity index (χ1n) is 5.12. The van der Waals surface area contributed by atoms with Crippen molar-refractivity contribution < 1.29 is 9.90 Å². The van der Waals surface area contributed by atoms with Gasteiger partial charge < -0.3 is 5.11 Å². The third-order valence-electron chi connectivity index (χ3n) is 2.19. The van der Waals surface area contributed by atoms with Gasteiger partial charge in [0.15, 0.2) is 0 Å². The van der Waals surface area contributed by atoms with Crippen LogP contribution in [-0.2, 0) is 5.75 Å². The summed E-state index contributed by atoms with van der Waals surface area (Å²) in [4.78, 5) is 16.0. The number of benzene rings is 1. The first-order chi connectivity index (χ1) is 8.25. The van der Waals surface area contributed by atoms with Gasteiger partial charge in [0.2, 0.25) is 0 Å². The second kappa shape index (κ2) is 5.50. The van der Waals surface area contributed by atoms with E-state index in [0.29, 0.717) is 5.56 Å². The number of aromatic carboxylic acids is 1. The standard InChI is InChI=1S/C13H11NO2S/c15-13(16)10-4-3-6-12(8-10)17-9-11-5-1-2-7-14-11/h1-8H,9H2,(H,15,16). The summed E-state index contributed by atoms with van der Waals surface area (Å²) in [5.41, 5.74) is 1.30. The van der Waals surface area contributed by atoms with E-state index in [1.54, 1.807) is 36.2 Å². The van der Waals surface area contributed by atoms with Crippen LogP contribution in [0.1, 0.15) is 16.1 Å². The van der Waals surface area contributed by atoms with Gasteiger partial charge >= 0.3 is 5.97 Å². The molecule has 0 amide bonds. The van der Waals surface area contributed by atoms with Crippen LogP contribution in [0.3, 0.4) is 0 Å². The molecule has 4 heteroatoms. The van der Waals surface area contributed by atoms with Gasteiger partial charge in [-0.15, -0.1) is 11.8 Å². The molecule has 0 radical (unpaired) electrons. The number of pyridine rings is 1. The Kier molecular flexibility index (Phi) is 3.77. The SMILES string of the molecule is O=C(O)c1cccc(SCc2ccccn2)c1. The van der Waals surface area contributed by atoms with E-state index in [0.717, 1.165) is 16.3 Å². The Bertz CT molecular complexity index is 514. The molecule has 0 aliphatic rings. The summed E-state index contributed by atoms with van der Waals surface area (Å²) in [6.45, 7) is 0. The molecule has 0 atom stereocenters.